The number of likely N-dealkylation sites (N-methyl/N-ethyl adjacent to an activating group) is 1. The van der Waals surface area contributed by atoms with Gasteiger partial charge in [-0.05, 0) is 48.9 Å². The van der Waals surface area contributed by atoms with Gasteiger partial charge in [-0.25, -0.2) is 0 Å². The van der Waals surface area contributed by atoms with Crippen LogP contribution in [0.15, 0.2) is 46.9 Å². The summed E-state index contributed by atoms with van der Waals surface area (Å²) in [6.45, 7) is 6.03. The van der Waals surface area contributed by atoms with Crippen molar-refractivity contribution in [3.05, 3.63) is 69.2 Å². The molecule has 1 atom stereocenters. The topological polar surface area (TPSA) is 26.7 Å². The van der Waals surface area contributed by atoms with E-state index in [0.717, 1.165) is 52.9 Å². The fourth-order valence-electron chi connectivity index (χ4n) is 3.89. The van der Waals surface area contributed by atoms with Crippen LogP contribution in [0.5, 0.6) is 0 Å². The molecule has 0 saturated carbocycles. The lowest BCUT2D eigenvalue weighted by molar-refractivity contribution is 0.102. The third-order valence-electron chi connectivity index (χ3n) is 5.40. The highest BCUT2D eigenvalue weighted by Gasteiger charge is 2.34. The summed E-state index contributed by atoms with van der Waals surface area (Å²) in [4.78, 5) is 4.81. The van der Waals surface area contributed by atoms with Crippen LogP contribution in [0.25, 0.3) is 11.8 Å². The Morgan fingerprint density at radius 1 is 1.00 bits per heavy atom. The number of aliphatic hydroxyl groups is 1. The Bertz CT molecular complexity index is 836. The molecular weight excluding hydrogens is 376 g/mol. The Hall–Kier alpha value is -1.62. The van der Waals surface area contributed by atoms with Crippen molar-refractivity contribution in [1.29, 1.82) is 0 Å². The highest BCUT2D eigenvalue weighted by atomic mass is 79.9. The first-order chi connectivity index (χ1) is 12.0. The quantitative estimate of drug-likeness (QED) is 0.791. The molecule has 0 aromatic heterocycles. The number of hydrogen-bond acceptors (Lipinski definition) is 3. The first kappa shape index (κ1) is 16.8. The fraction of sp³-hybridized carbons (Fsp3) is 0.333. The van der Waals surface area contributed by atoms with Crippen LogP contribution in [0.4, 0.5) is 0 Å². The predicted octanol–water partition coefficient (Wildman–Crippen LogP) is 3.76. The van der Waals surface area contributed by atoms with E-state index in [2.05, 4.69) is 63.1 Å². The number of rotatable bonds is 1. The summed E-state index contributed by atoms with van der Waals surface area (Å²) in [5.41, 5.74) is 4.31. The molecule has 3 nitrogen and oxygen atoms in total. The normalized spacial score (nSPS) is 23.5. The molecular formula is C21H23BrN2O. The molecule has 1 unspecified atom stereocenters. The van der Waals surface area contributed by atoms with E-state index in [4.69, 9.17) is 0 Å². The zero-order chi connectivity index (χ0) is 17.6. The van der Waals surface area contributed by atoms with Gasteiger partial charge in [0.1, 0.15) is 5.60 Å². The van der Waals surface area contributed by atoms with Crippen LogP contribution in [0.1, 0.15) is 29.2 Å². The minimum Gasteiger partial charge on any atom is -0.381 e. The lowest BCUT2D eigenvalue weighted by Gasteiger charge is -2.36. The van der Waals surface area contributed by atoms with Gasteiger partial charge in [0.05, 0.1) is 0 Å². The van der Waals surface area contributed by atoms with Crippen LogP contribution >= 0.6 is 15.9 Å². The monoisotopic (exact) mass is 398 g/mol. The number of nitrogens with zero attached hydrogens (tertiary/aromatic N) is 2. The average molecular weight is 399 g/mol. The average Bonchev–Trinajstić information content (AvgIpc) is 2.70. The molecule has 2 aliphatic rings. The second-order valence-corrected chi connectivity index (χ2v) is 8.08. The summed E-state index contributed by atoms with van der Waals surface area (Å²) in [7, 11) is 2.17. The minimum atomic E-state index is -1.03. The maximum Gasteiger partial charge on any atom is 0.113 e. The van der Waals surface area contributed by atoms with E-state index in [-0.39, 0.29) is 0 Å². The van der Waals surface area contributed by atoms with Gasteiger partial charge in [-0.3, -0.25) is 0 Å². The van der Waals surface area contributed by atoms with E-state index in [1.807, 2.05) is 25.1 Å². The van der Waals surface area contributed by atoms with Crippen molar-refractivity contribution in [3.8, 4) is 0 Å². The van der Waals surface area contributed by atoms with Gasteiger partial charge >= 0.3 is 0 Å². The smallest absolute Gasteiger partial charge is 0.113 e. The number of fused-ring (bicyclic) bond motifs is 2. The van der Waals surface area contributed by atoms with Gasteiger partial charge in [0, 0.05) is 41.9 Å². The number of hydrogen-bond donors (Lipinski definition) is 1. The summed E-state index contributed by atoms with van der Waals surface area (Å²) in [6, 6.07) is 14.4. The fourth-order valence-corrected chi connectivity index (χ4v) is 4.25. The van der Waals surface area contributed by atoms with E-state index in [0.29, 0.717) is 0 Å². The van der Waals surface area contributed by atoms with E-state index in [9.17, 15) is 5.11 Å². The lowest BCUT2D eigenvalue weighted by Crippen LogP contribution is -2.43. The van der Waals surface area contributed by atoms with Crippen LogP contribution < -0.4 is 0 Å². The van der Waals surface area contributed by atoms with Gasteiger partial charge in [-0.1, -0.05) is 46.3 Å². The standard InChI is InChI=1S/C21H23BrN2O/c1-21(25)18-6-4-3-5-17(18)20(24-11-9-23(2)10-12-24)13-15-7-8-16(22)14-19(15)21/h3-8,13-14,25H,9-12H2,1-2H3. The molecule has 1 aliphatic heterocycles. The van der Waals surface area contributed by atoms with Gasteiger partial charge in [-0.2, -0.15) is 0 Å². The lowest BCUT2D eigenvalue weighted by atomic mass is 9.84. The van der Waals surface area contributed by atoms with Crippen molar-refractivity contribution in [3.63, 3.8) is 0 Å². The van der Waals surface area contributed by atoms with Crippen molar-refractivity contribution in [2.45, 2.75) is 12.5 Å². The molecule has 1 N–H and O–H groups in total. The highest BCUT2D eigenvalue weighted by Crippen LogP contribution is 2.42. The zero-order valence-corrected chi connectivity index (χ0v) is 16.3. The minimum absolute atomic E-state index is 0.943. The van der Waals surface area contributed by atoms with Crippen molar-refractivity contribution < 1.29 is 5.11 Å². The largest absolute Gasteiger partial charge is 0.381 e. The van der Waals surface area contributed by atoms with Crippen molar-refractivity contribution in [1.82, 2.24) is 9.80 Å². The van der Waals surface area contributed by atoms with Gasteiger partial charge < -0.3 is 14.9 Å². The second-order valence-electron chi connectivity index (χ2n) is 7.17. The molecule has 0 radical (unpaired) electrons. The summed E-state index contributed by atoms with van der Waals surface area (Å²) < 4.78 is 0.987. The Labute approximate surface area is 157 Å². The molecule has 4 rings (SSSR count). The van der Waals surface area contributed by atoms with Crippen LogP contribution in [0, 0.1) is 0 Å². The van der Waals surface area contributed by atoms with E-state index in [1.54, 1.807) is 0 Å². The van der Waals surface area contributed by atoms with Crippen molar-refractivity contribution >= 4 is 27.7 Å². The maximum absolute atomic E-state index is 11.5. The summed E-state index contributed by atoms with van der Waals surface area (Å²) in [5.74, 6) is 0. The molecule has 25 heavy (non-hydrogen) atoms. The predicted molar refractivity (Wildman–Crippen MR) is 106 cm³/mol. The molecule has 0 spiro atoms. The van der Waals surface area contributed by atoms with E-state index < -0.39 is 5.60 Å². The molecule has 2 aromatic carbocycles. The zero-order valence-electron chi connectivity index (χ0n) is 14.7. The molecule has 1 aliphatic carbocycles. The molecule has 1 saturated heterocycles. The van der Waals surface area contributed by atoms with Crippen LogP contribution in [0.2, 0.25) is 0 Å². The van der Waals surface area contributed by atoms with Crippen LogP contribution in [-0.4, -0.2) is 48.1 Å². The summed E-state index contributed by atoms with van der Waals surface area (Å²) in [5, 5.41) is 11.5. The Morgan fingerprint density at radius 3 is 2.48 bits per heavy atom. The third kappa shape index (κ3) is 2.92. The van der Waals surface area contributed by atoms with Gasteiger partial charge in [0.15, 0.2) is 0 Å². The Kier molecular flexibility index (Phi) is 4.22. The summed E-state index contributed by atoms with van der Waals surface area (Å²) in [6.07, 6.45) is 2.24. The van der Waals surface area contributed by atoms with Gasteiger partial charge in [0.25, 0.3) is 0 Å². The SMILES string of the molecule is CN1CCN(C2=Cc3ccc(Br)cc3C(C)(O)c3ccccc32)CC1. The van der Waals surface area contributed by atoms with Gasteiger partial charge in [-0.15, -0.1) is 0 Å². The maximum atomic E-state index is 11.5. The van der Waals surface area contributed by atoms with Crippen molar-refractivity contribution in [2.24, 2.45) is 0 Å². The van der Waals surface area contributed by atoms with Crippen molar-refractivity contribution in [2.75, 3.05) is 33.2 Å². The first-order valence-corrected chi connectivity index (χ1v) is 9.53. The number of halogens is 1. The molecule has 1 heterocycles. The highest BCUT2D eigenvalue weighted by molar-refractivity contribution is 9.10. The molecule has 0 amide bonds. The molecule has 1 fully saturated rings. The Morgan fingerprint density at radius 2 is 1.72 bits per heavy atom. The third-order valence-corrected chi connectivity index (χ3v) is 5.90. The first-order valence-electron chi connectivity index (χ1n) is 8.74. The molecule has 0 bridgehead atoms. The number of benzene rings is 2. The summed E-state index contributed by atoms with van der Waals surface area (Å²) >= 11 is 3.56. The molecule has 130 valence electrons. The number of piperazine rings is 1. The van der Waals surface area contributed by atoms with E-state index >= 15 is 0 Å². The Balaban J connectivity index is 1.92. The second kappa shape index (κ2) is 6.27. The van der Waals surface area contributed by atoms with Crippen LogP contribution in [-0.2, 0) is 5.60 Å². The van der Waals surface area contributed by atoms with Gasteiger partial charge in [0.2, 0.25) is 0 Å². The molecule has 4 heteroatoms. The van der Waals surface area contributed by atoms with Crippen LogP contribution in [0.3, 0.4) is 0 Å². The molecule has 2 aromatic rings. The van der Waals surface area contributed by atoms with E-state index in [1.165, 1.54) is 5.70 Å².